The van der Waals surface area contributed by atoms with Crippen molar-refractivity contribution >= 4 is 10.8 Å². The Labute approximate surface area is 220 Å². The number of rotatable bonds is 2. The van der Waals surface area contributed by atoms with Gasteiger partial charge < -0.3 is 19.3 Å². The molecule has 2 aromatic rings. The molecule has 8 rings (SSSR count). The highest BCUT2D eigenvalue weighted by atomic mass is 16.6. The van der Waals surface area contributed by atoms with Crippen molar-refractivity contribution in [3.8, 4) is 0 Å². The van der Waals surface area contributed by atoms with Crippen LogP contribution in [0.25, 0.3) is 10.8 Å². The molecule has 2 saturated heterocycles. The Morgan fingerprint density at radius 1 is 0.973 bits per heavy atom. The number of allylic oxidation sites excluding steroid dienone is 1. The van der Waals surface area contributed by atoms with Gasteiger partial charge in [-0.25, -0.2) is 0 Å². The molecule has 0 aromatic heterocycles. The topological polar surface area (TPSA) is 41.5 Å². The van der Waals surface area contributed by atoms with E-state index in [-0.39, 0.29) is 27.3 Å². The summed E-state index contributed by atoms with van der Waals surface area (Å²) < 4.78 is 12.9. The molecular formula is C33H39NO3. The summed E-state index contributed by atoms with van der Waals surface area (Å²) in [5, 5.41) is 16.5. The Balaban J connectivity index is 1.14. The van der Waals surface area contributed by atoms with E-state index in [1.54, 1.807) is 0 Å². The fourth-order valence-corrected chi connectivity index (χ4v) is 9.77. The van der Waals surface area contributed by atoms with Gasteiger partial charge in [-0.2, -0.15) is 0 Å². The summed E-state index contributed by atoms with van der Waals surface area (Å²) in [6.45, 7) is 4.96. The van der Waals surface area contributed by atoms with E-state index < -0.39 is 0 Å². The third kappa shape index (κ3) is 3.10. The highest BCUT2D eigenvalue weighted by Crippen LogP contribution is 2.69. The number of benzene rings is 2. The summed E-state index contributed by atoms with van der Waals surface area (Å²) in [5.41, 5.74) is 4.27. The van der Waals surface area contributed by atoms with Crippen LogP contribution in [0.1, 0.15) is 69.8 Å². The Morgan fingerprint density at radius 2 is 1.81 bits per heavy atom. The molecule has 3 aliphatic heterocycles. The van der Waals surface area contributed by atoms with Crippen LogP contribution < -0.4 is 0 Å². The Bertz CT molecular complexity index is 1320. The molecule has 3 heterocycles. The Kier molecular flexibility index (Phi) is 4.83. The van der Waals surface area contributed by atoms with E-state index in [1.807, 2.05) is 0 Å². The first-order valence-corrected chi connectivity index (χ1v) is 14.7. The van der Waals surface area contributed by atoms with Crippen LogP contribution in [0.5, 0.6) is 0 Å². The van der Waals surface area contributed by atoms with Crippen LogP contribution in [-0.4, -0.2) is 48.2 Å². The summed E-state index contributed by atoms with van der Waals surface area (Å²) in [7, 11) is 0. The molecular weight excluding hydrogens is 458 g/mol. The highest BCUT2D eigenvalue weighted by Gasteiger charge is 2.67. The SMILES string of the molecule is C[C@]12CC=C3C=C4CC[C@@H]([N+]5([O-])CCOCC5)C[C@]45CCC3(O5)[C@@H]1CC[C@@H]2c1ccc2ccccc2c1. The predicted molar refractivity (Wildman–Crippen MR) is 146 cm³/mol. The average molecular weight is 498 g/mol. The monoisotopic (exact) mass is 497 g/mol. The number of hydrogen-bond donors (Lipinski definition) is 0. The fourth-order valence-electron chi connectivity index (χ4n) is 9.77. The summed E-state index contributed by atoms with van der Waals surface area (Å²) >= 11 is 0. The van der Waals surface area contributed by atoms with Crippen molar-refractivity contribution in [2.75, 3.05) is 26.3 Å². The smallest absolute Gasteiger partial charge is 0.102 e. The maximum Gasteiger partial charge on any atom is 0.102 e. The molecule has 4 nitrogen and oxygen atoms in total. The molecule has 0 radical (unpaired) electrons. The van der Waals surface area contributed by atoms with Crippen LogP contribution in [0, 0.1) is 16.5 Å². The van der Waals surface area contributed by atoms with Gasteiger partial charge in [0, 0.05) is 12.8 Å². The fraction of sp³-hybridized carbons (Fsp3) is 0.576. The summed E-state index contributed by atoms with van der Waals surface area (Å²) in [6, 6.07) is 16.0. The zero-order valence-corrected chi connectivity index (χ0v) is 22.1. The second kappa shape index (κ2) is 7.79. The normalized spacial score (nSPS) is 41.9. The van der Waals surface area contributed by atoms with Crippen LogP contribution >= 0.6 is 0 Å². The van der Waals surface area contributed by atoms with Gasteiger partial charge in [0.05, 0.1) is 30.5 Å². The first kappa shape index (κ1) is 23.0. The molecule has 37 heavy (non-hydrogen) atoms. The van der Waals surface area contributed by atoms with Gasteiger partial charge in [0.2, 0.25) is 0 Å². The van der Waals surface area contributed by atoms with Gasteiger partial charge in [-0.1, -0.05) is 61.5 Å². The molecule has 2 saturated carbocycles. The van der Waals surface area contributed by atoms with Crippen LogP contribution in [0.15, 0.2) is 65.8 Å². The van der Waals surface area contributed by atoms with E-state index in [1.165, 1.54) is 40.3 Å². The van der Waals surface area contributed by atoms with Crippen molar-refractivity contribution in [3.63, 3.8) is 0 Å². The van der Waals surface area contributed by atoms with Crippen molar-refractivity contribution in [1.29, 1.82) is 0 Å². The van der Waals surface area contributed by atoms with E-state index in [0.29, 0.717) is 38.1 Å². The number of quaternary nitrogens is 1. The summed E-state index contributed by atoms with van der Waals surface area (Å²) in [4.78, 5) is 0. The van der Waals surface area contributed by atoms with Gasteiger partial charge >= 0.3 is 0 Å². The molecule has 1 unspecified atom stereocenters. The summed E-state index contributed by atoms with van der Waals surface area (Å²) in [6.07, 6.45) is 13.8. The predicted octanol–water partition coefficient (Wildman–Crippen LogP) is 6.80. The molecule has 4 heteroatoms. The van der Waals surface area contributed by atoms with Crippen LogP contribution in [-0.2, 0) is 9.47 Å². The molecule has 0 N–H and O–H groups in total. The van der Waals surface area contributed by atoms with Crippen LogP contribution in [0.4, 0.5) is 0 Å². The maximum atomic E-state index is 13.8. The summed E-state index contributed by atoms with van der Waals surface area (Å²) in [5.74, 6) is 1.09. The van der Waals surface area contributed by atoms with Crippen molar-refractivity contribution in [2.45, 2.75) is 81.5 Å². The van der Waals surface area contributed by atoms with Crippen molar-refractivity contribution in [2.24, 2.45) is 11.3 Å². The third-order valence-electron chi connectivity index (χ3n) is 11.7. The van der Waals surface area contributed by atoms with E-state index in [2.05, 4.69) is 61.5 Å². The lowest BCUT2D eigenvalue weighted by Gasteiger charge is -2.57. The van der Waals surface area contributed by atoms with E-state index in [4.69, 9.17) is 9.47 Å². The second-order valence-corrected chi connectivity index (χ2v) is 13.2. The van der Waals surface area contributed by atoms with Gasteiger partial charge in [0.25, 0.3) is 0 Å². The Hall–Kier alpha value is -1.98. The quantitative estimate of drug-likeness (QED) is 0.339. The first-order valence-electron chi connectivity index (χ1n) is 14.7. The number of fused-ring (bicyclic) bond motifs is 2. The number of ether oxygens (including phenoxy) is 2. The standard InChI is InChI=1S/C33H39NO3/c1-31-13-12-27-21-26-8-9-28(34(35)16-18-36-19-17-34)22-32(26)14-15-33(27,37-32)30(31)11-10-29(31)25-7-6-23-4-2-3-5-24(23)20-25/h2-7,12,20-21,28-30H,8-11,13-19,22H2,1H3/t28-,29-,30-,31-,32-,33?/m1/s1. The largest absolute Gasteiger partial charge is 0.632 e. The first-order chi connectivity index (χ1) is 17.9. The van der Waals surface area contributed by atoms with Gasteiger partial charge in [0.15, 0.2) is 0 Å². The van der Waals surface area contributed by atoms with Gasteiger partial charge in [-0.05, 0) is 83.3 Å². The highest BCUT2D eigenvalue weighted by molar-refractivity contribution is 5.83. The molecule has 2 aromatic carbocycles. The van der Waals surface area contributed by atoms with E-state index >= 15 is 0 Å². The van der Waals surface area contributed by atoms with E-state index in [0.717, 1.165) is 38.5 Å². The third-order valence-corrected chi connectivity index (χ3v) is 11.7. The zero-order valence-electron chi connectivity index (χ0n) is 22.1. The molecule has 2 spiro atoms. The number of nitrogens with zero attached hydrogens (tertiary/aromatic N) is 1. The lowest BCUT2D eigenvalue weighted by molar-refractivity contribution is -0.914. The second-order valence-electron chi connectivity index (χ2n) is 13.2. The minimum atomic E-state index is -0.215. The maximum absolute atomic E-state index is 13.8. The zero-order chi connectivity index (χ0) is 24.9. The number of hydrogen-bond acceptors (Lipinski definition) is 3. The molecule has 4 fully saturated rings. The molecule has 0 amide bonds. The molecule has 6 aliphatic rings. The lowest BCUT2D eigenvalue weighted by atomic mass is 9.58. The van der Waals surface area contributed by atoms with Crippen molar-refractivity contribution < 1.29 is 14.1 Å². The average Bonchev–Trinajstić information content (AvgIpc) is 3.43. The number of hydroxylamine groups is 3. The molecule has 3 aliphatic carbocycles. The van der Waals surface area contributed by atoms with Crippen LogP contribution in [0.2, 0.25) is 0 Å². The van der Waals surface area contributed by atoms with Gasteiger partial charge in [-0.3, -0.25) is 0 Å². The minimum Gasteiger partial charge on any atom is -0.632 e. The Morgan fingerprint density at radius 3 is 2.68 bits per heavy atom. The van der Waals surface area contributed by atoms with Crippen molar-refractivity contribution in [3.05, 3.63) is 76.5 Å². The van der Waals surface area contributed by atoms with Crippen LogP contribution in [0.3, 0.4) is 0 Å². The number of morpholine rings is 1. The van der Waals surface area contributed by atoms with Gasteiger partial charge in [0.1, 0.15) is 13.1 Å². The molecule has 194 valence electrons. The van der Waals surface area contributed by atoms with Gasteiger partial charge in [-0.15, -0.1) is 0 Å². The lowest BCUT2D eigenvalue weighted by Crippen LogP contribution is -2.61. The van der Waals surface area contributed by atoms with E-state index in [9.17, 15) is 5.21 Å². The molecule has 6 atom stereocenters. The minimum absolute atomic E-state index is 0.0702. The van der Waals surface area contributed by atoms with Crippen molar-refractivity contribution in [1.82, 2.24) is 0 Å². The molecule has 2 bridgehead atoms.